The van der Waals surface area contributed by atoms with E-state index in [1.54, 1.807) is 6.33 Å². The minimum absolute atomic E-state index is 0.00414. The van der Waals surface area contributed by atoms with Gasteiger partial charge in [-0.15, -0.1) is 0 Å². The first kappa shape index (κ1) is 14.0. The van der Waals surface area contributed by atoms with Crippen LogP contribution in [0.1, 0.15) is 17.0 Å². The number of aromatic amines is 2. The quantitative estimate of drug-likeness (QED) is 0.682. The molecule has 1 aromatic carbocycles. The van der Waals surface area contributed by atoms with Gasteiger partial charge in [0.15, 0.2) is 0 Å². The molecule has 0 bridgehead atoms. The number of carbonyl (C=O) groups is 1. The first-order chi connectivity index (χ1) is 11.2. The van der Waals surface area contributed by atoms with E-state index in [0.717, 1.165) is 34.3 Å². The number of nitrogens with two attached hydrogens (primary N) is 1. The minimum atomic E-state index is -0.529. The molecule has 6 nitrogen and oxygen atoms in total. The molecule has 6 heteroatoms. The Bertz CT molecular complexity index is 849. The van der Waals surface area contributed by atoms with E-state index in [9.17, 15) is 4.79 Å². The van der Waals surface area contributed by atoms with Gasteiger partial charge in [-0.1, -0.05) is 18.2 Å². The normalized spacial score (nSPS) is 15.6. The highest BCUT2D eigenvalue weighted by Gasteiger charge is 2.26. The highest BCUT2D eigenvalue weighted by atomic mass is 16.2. The van der Waals surface area contributed by atoms with Crippen LogP contribution in [-0.2, 0) is 24.2 Å². The third-order valence-electron chi connectivity index (χ3n) is 4.52. The smallest absolute Gasteiger partial charge is 0.240 e. The van der Waals surface area contributed by atoms with Gasteiger partial charge in [0.2, 0.25) is 5.91 Å². The van der Waals surface area contributed by atoms with Crippen LogP contribution < -0.4 is 5.73 Å². The molecule has 0 radical (unpaired) electrons. The summed E-state index contributed by atoms with van der Waals surface area (Å²) in [4.78, 5) is 25.1. The van der Waals surface area contributed by atoms with Crippen molar-refractivity contribution in [3.8, 4) is 0 Å². The Kier molecular flexibility index (Phi) is 3.38. The Morgan fingerprint density at radius 3 is 3.13 bits per heavy atom. The topological polar surface area (TPSA) is 90.8 Å². The molecule has 0 aliphatic carbocycles. The van der Waals surface area contributed by atoms with Gasteiger partial charge in [-0.3, -0.25) is 4.79 Å². The highest BCUT2D eigenvalue weighted by molar-refractivity contribution is 5.86. The maximum Gasteiger partial charge on any atom is 0.240 e. The Morgan fingerprint density at radius 1 is 1.35 bits per heavy atom. The molecule has 0 saturated heterocycles. The van der Waals surface area contributed by atoms with Crippen molar-refractivity contribution in [3.63, 3.8) is 0 Å². The summed E-state index contributed by atoms with van der Waals surface area (Å²) in [7, 11) is 0. The number of hydrogen-bond acceptors (Lipinski definition) is 3. The van der Waals surface area contributed by atoms with E-state index in [2.05, 4.69) is 21.0 Å². The second-order valence-electron chi connectivity index (χ2n) is 6.01. The second-order valence-corrected chi connectivity index (χ2v) is 6.01. The molecule has 0 fully saturated rings. The summed E-state index contributed by atoms with van der Waals surface area (Å²) in [5.74, 6) is -0.00414. The number of fused-ring (bicyclic) bond motifs is 2. The van der Waals surface area contributed by atoms with E-state index in [4.69, 9.17) is 5.73 Å². The fraction of sp³-hybridized carbons (Fsp3) is 0.294. The maximum absolute atomic E-state index is 12.6. The second kappa shape index (κ2) is 5.55. The molecule has 1 amide bonds. The zero-order chi connectivity index (χ0) is 15.8. The predicted molar refractivity (Wildman–Crippen MR) is 87.7 cm³/mol. The standard InChI is InChI=1S/C17H19N5O/c18-13(7-11-8-19-14-4-2-1-3-12(11)14)17(23)22-6-5-15-16(9-22)21-10-20-15/h1-4,8,10,13,19H,5-7,9,18H2,(H,20,21)/t13-/m0/s1. The van der Waals surface area contributed by atoms with Crippen LogP contribution in [0.2, 0.25) is 0 Å². The molecule has 1 aliphatic heterocycles. The molecule has 1 aliphatic rings. The molecule has 1 atom stereocenters. The molecule has 4 rings (SSSR count). The SMILES string of the molecule is N[C@@H](Cc1c[nH]c2ccccc12)C(=O)N1CCc2nc[nH]c2C1. The number of benzene rings is 1. The molecular weight excluding hydrogens is 290 g/mol. The van der Waals surface area contributed by atoms with Crippen molar-refractivity contribution < 1.29 is 4.79 Å². The Balaban J connectivity index is 1.49. The first-order valence-electron chi connectivity index (χ1n) is 7.83. The van der Waals surface area contributed by atoms with Crippen molar-refractivity contribution in [2.45, 2.75) is 25.4 Å². The van der Waals surface area contributed by atoms with E-state index in [-0.39, 0.29) is 5.91 Å². The highest BCUT2D eigenvalue weighted by Crippen LogP contribution is 2.20. The summed E-state index contributed by atoms with van der Waals surface area (Å²) >= 11 is 0. The van der Waals surface area contributed by atoms with Crippen LogP contribution in [0.5, 0.6) is 0 Å². The molecule has 4 N–H and O–H groups in total. The molecule has 23 heavy (non-hydrogen) atoms. The summed E-state index contributed by atoms with van der Waals surface area (Å²) in [6.45, 7) is 1.24. The minimum Gasteiger partial charge on any atom is -0.361 e. The van der Waals surface area contributed by atoms with Gasteiger partial charge in [0.25, 0.3) is 0 Å². The third kappa shape index (κ3) is 2.51. The first-order valence-corrected chi connectivity index (χ1v) is 7.83. The summed E-state index contributed by atoms with van der Waals surface area (Å²) in [5.41, 5.74) is 10.4. The van der Waals surface area contributed by atoms with E-state index < -0.39 is 6.04 Å². The van der Waals surface area contributed by atoms with Crippen molar-refractivity contribution in [1.82, 2.24) is 19.9 Å². The summed E-state index contributed by atoms with van der Waals surface area (Å²) in [6.07, 6.45) is 4.95. The lowest BCUT2D eigenvalue weighted by Gasteiger charge is -2.28. The van der Waals surface area contributed by atoms with Gasteiger partial charge in [-0.25, -0.2) is 4.98 Å². The van der Waals surface area contributed by atoms with Gasteiger partial charge in [-0.05, 0) is 18.1 Å². The van der Waals surface area contributed by atoms with Crippen molar-refractivity contribution in [1.29, 1.82) is 0 Å². The van der Waals surface area contributed by atoms with Crippen molar-refractivity contribution in [3.05, 3.63) is 53.7 Å². The number of nitrogens with zero attached hydrogens (tertiary/aromatic N) is 2. The van der Waals surface area contributed by atoms with Crippen molar-refractivity contribution in [2.75, 3.05) is 6.54 Å². The Morgan fingerprint density at radius 2 is 2.22 bits per heavy atom. The monoisotopic (exact) mass is 309 g/mol. The van der Waals surface area contributed by atoms with Gasteiger partial charge in [0, 0.05) is 30.1 Å². The summed E-state index contributed by atoms with van der Waals surface area (Å²) in [6, 6.07) is 7.53. The molecule has 3 aromatic rings. The number of para-hydroxylation sites is 1. The predicted octanol–water partition coefficient (Wildman–Crippen LogP) is 1.35. The number of imidazole rings is 1. The van der Waals surface area contributed by atoms with Gasteiger partial charge < -0.3 is 20.6 Å². The van der Waals surface area contributed by atoms with Gasteiger partial charge in [0.1, 0.15) is 0 Å². The van der Waals surface area contributed by atoms with Gasteiger partial charge in [-0.2, -0.15) is 0 Å². The summed E-state index contributed by atoms with van der Waals surface area (Å²) < 4.78 is 0. The molecule has 118 valence electrons. The molecule has 2 aromatic heterocycles. The number of aromatic nitrogens is 3. The summed E-state index contributed by atoms with van der Waals surface area (Å²) in [5, 5.41) is 1.13. The van der Waals surface area contributed by atoms with Crippen LogP contribution in [0.4, 0.5) is 0 Å². The number of nitrogens with one attached hydrogen (secondary N) is 2. The average molecular weight is 309 g/mol. The number of amides is 1. The van der Waals surface area contributed by atoms with Crippen LogP contribution in [-0.4, -0.2) is 38.3 Å². The molecule has 0 saturated carbocycles. The van der Waals surface area contributed by atoms with E-state index in [1.165, 1.54) is 0 Å². The van der Waals surface area contributed by atoms with Crippen LogP contribution >= 0.6 is 0 Å². The lowest BCUT2D eigenvalue weighted by molar-refractivity contribution is -0.133. The Labute approximate surface area is 133 Å². The lowest BCUT2D eigenvalue weighted by atomic mass is 10.0. The number of rotatable bonds is 3. The van der Waals surface area contributed by atoms with E-state index in [0.29, 0.717) is 19.5 Å². The molecule has 0 unspecified atom stereocenters. The number of carbonyl (C=O) groups excluding carboxylic acids is 1. The number of hydrogen-bond donors (Lipinski definition) is 3. The van der Waals surface area contributed by atoms with Gasteiger partial charge in [0.05, 0.1) is 30.3 Å². The molecule has 3 heterocycles. The van der Waals surface area contributed by atoms with Gasteiger partial charge >= 0.3 is 0 Å². The van der Waals surface area contributed by atoms with Crippen molar-refractivity contribution >= 4 is 16.8 Å². The van der Waals surface area contributed by atoms with Crippen LogP contribution in [0, 0.1) is 0 Å². The fourth-order valence-corrected chi connectivity index (χ4v) is 3.26. The van der Waals surface area contributed by atoms with E-state index in [1.807, 2.05) is 29.3 Å². The maximum atomic E-state index is 12.6. The van der Waals surface area contributed by atoms with Crippen molar-refractivity contribution in [2.24, 2.45) is 5.73 Å². The zero-order valence-corrected chi connectivity index (χ0v) is 12.7. The third-order valence-corrected chi connectivity index (χ3v) is 4.52. The largest absolute Gasteiger partial charge is 0.361 e. The fourth-order valence-electron chi connectivity index (χ4n) is 3.26. The van der Waals surface area contributed by atoms with E-state index >= 15 is 0 Å². The zero-order valence-electron chi connectivity index (χ0n) is 12.7. The molecular formula is C17H19N5O. The van der Waals surface area contributed by atoms with Crippen LogP contribution in [0.3, 0.4) is 0 Å². The number of H-pyrrole nitrogens is 2. The molecule has 0 spiro atoms. The Hall–Kier alpha value is -2.60. The average Bonchev–Trinajstić information content (AvgIpc) is 3.20. The lowest BCUT2D eigenvalue weighted by Crippen LogP contribution is -2.46. The van der Waals surface area contributed by atoms with Crippen LogP contribution in [0.15, 0.2) is 36.8 Å². The van der Waals surface area contributed by atoms with Crippen LogP contribution in [0.25, 0.3) is 10.9 Å².